The summed E-state index contributed by atoms with van der Waals surface area (Å²) in [6.45, 7) is 5.66. The molecule has 0 spiro atoms. The number of likely N-dealkylation sites (tertiary alicyclic amines) is 1. The third-order valence-electron chi connectivity index (χ3n) is 4.10. The van der Waals surface area contributed by atoms with Crippen molar-refractivity contribution >= 4 is 0 Å². The highest BCUT2D eigenvalue weighted by atomic mass is 16.5. The zero-order chi connectivity index (χ0) is 13.7. The molecule has 106 valence electrons. The van der Waals surface area contributed by atoms with Crippen molar-refractivity contribution in [1.29, 1.82) is 0 Å². The summed E-state index contributed by atoms with van der Waals surface area (Å²) < 4.78 is 5.12. The fourth-order valence-corrected chi connectivity index (χ4v) is 2.58. The molecular formula is C16H25NO2. The molecule has 1 aromatic carbocycles. The Morgan fingerprint density at radius 3 is 2.47 bits per heavy atom. The Hall–Kier alpha value is -1.06. The maximum Gasteiger partial charge on any atom is 0.118 e. The summed E-state index contributed by atoms with van der Waals surface area (Å²) in [5.74, 6) is 1.70. The van der Waals surface area contributed by atoms with Crippen LogP contribution < -0.4 is 4.74 Å². The highest BCUT2D eigenvalue weighted by Gasteiger charge is 2.17. The van der Waals surface area contributed by atoms with E-state index < -0.39 is 0 Å². The van der Waals surface area contributed by atoms with Crippen LogP contribution in [0.2, 0.25) is 0 Å². The quantitative estimate of drug-likeness (QED) is 0.886. The van der Waals surface area contributed by atoms with E-state index in [0.29, 0.717) is 0 Å². The van der Waals surface area contributed by atoms with Crippen molar-refractivity contribution in [3.63, 3.8) is 0 Å². The maximum absolute atomic E-state index is 10.2. The Labute approximate surface area is 116 Å². The van der Waals surface area contributed by atoms with Crippen molar-refractivity contribution < 1.29 is 9.84 Å². The number of ether oxygens (including phenoxy) is 1. The number of piperidine rings is 1. The molecule has 3 nitrogen and oxygen atoms in total. The van der Waals surface area contributed by atoms with E-state index in [0.717, 1.165) is 30.2 Å². The normalized spacial score (nSPS) is 19.3. The van der Waals surface area contributed by atoms with E-state index in [9.17, 15) is 5.11 Å². The first-order chi connectivity index (χ1) is 9.19. The molecule has 0 aromatic heterocycles. The Morgan fingerprint density at radius 1 is 1.26 bits per heavy atom. The highest BCUT2D eigenvalue weighted by Crippen LogP contribution is 2.22. The van der Waals surface area contributed by atoms with E-state index in [4.69, 9.17) is 4.74 Å². The van der Waals surface area contributed by atoms with Gasteiger partial charge in [0.1, 0.15) is 5.75 Å². The van der Waals surface area contributed by atoms with E-state index in [1.54, 1.807) is 7.11 Å². The van der Waals surface area contributed by atoms with Crippen LogP contribution in [0.3, 0.4) is 0 Å². The van der Waals surface area contributed by atoms with Crippen LogP contribution in [0.4, 0.5) is 0 Å². The number of hydrogen-bond acceptors (Lipinski definition) is 3. The van der Waals surface area contributed by atoms with Crippen LogP contribution in [0.5, 0.6) is 5.75 Å². The van der Waals surface area contributed by atoms with Gasteiger partial charge in [0, 0.05) is 6.54 Å². The summed E-state index contributed by atoms with van der Waals surface area (Å²) in [4.78, 5) is 2.47. The van der Waals surface area contributed by atoms with Crippen LogP contribution >= 0.6 is 0 Å². The van der Waals surface area contributed by atoms with Crippen LogP contribution in [0, 0.1) is 5.92 Å². The van der Waals surface area contributed by atoms with Gasteiger partial charge in [0.2, 0.25) is 0 Å². The Morgan fingerprint density at radius 2 is 1.89 bits per heavy atom. The molecule has 0 bridgehead atoms. The van der Waals surface area contributed by atoms with E-state index in [2.05, 4.69) is 11.8 Å². The molecule has 0 saturated carbocycles. The second-order valence-electron chi connectivity index (χ2n) is 5.60. The molecule has 1 saturated heterocycles. The molecule has 0 aliphatic carbocycles. The molecule has 0 amide bonds. The standard InChI is InChI=1S/C16H25NO2/c1-13-7-10-17(11-8-13)12-9-16(18)14-3-5-15(19-2)6-4-14/h3-6,13,16,18H,7-12H2,1-2H3. The molecule has 1 atom stereocenters. The Balaban J connectivity index is 1.78. The van der Waals surface area contributed by atoms with Crippen molar-refractivity contribution in [2.24, 2.45) is 5.92 Å². The number of aliphatic hydroxyl groups excluding tert-OH is 1. The average molecular weight is 263 g/mol. The number of hydrogen-bond donors (Lipinski definition) is 1. The van der Waals surface area contributed by atoms with Crippen LogP contribution in [0.1, 0.15) is 37.9 Å². The minimum atomic E-state index is -0.370. The second kappa shape index (κ2) is 6.92. The van der Waals surface area contributed by atoms with E-state index in [1.807, 2.05) is 24.3 Å². The van der Waals surface area contributed by atoms with E-state index >= 15 is 0 Å². The van der Waals surface area contributed by atoms with Crippen molar-refractivity contribution in [3.05, 3.63) is 29.8 Å². The van der Waals surface area contributed by atoms with Gasteiger partial charge in [-0.2, -0.15) is 0 Å². The van der Waals surface area contributed by atoms with Crippen molar-refractivity contribution in [3.8, 4) is 5.75 Å². The molecule has 1 unspecified atom stereocenters. The Kier molecular flexibility index (Phi) is 5.23. The van der Waals surface area contributed by atoms with Gasteiger partial charge in [0.05, 0.1) is 13.2 Å². The molecule has 0 radical (unpaired) electrons. The lowest BCUT2D eigenvalue weighted by molar-refractivity contribution is 0.125. The first kappa shape index (κ1) is 14.4. The predicted molar refractivity (Wildman–Crippen MR) is 77.4 cm³/mol. The molecule has 1 aromatic rings. The number of benzene rings is 1. The number of nitrogens with zero attached hydrogens (tertiary/aromatic N) is 1. The zero-order valence-corrected chi connectivity index (χ0v) is 12.0. The first-order valence-electron chi connectivity index (χ1n) is 7.23. The smallest absolute Gasteiger partial charge is 0.118 e. The largest absolute Gasteiger partial charge is 0.497 e. The van der Waals surface area contributed by atoms with E-state index in [-0.39, 0.29) is 6.10 Å². The van der Waals surface area contributed by atoms with Gasteiger partial charge in [-0.3, -0.25) is 0 Å². The third kappa shape index (κ3) is 4.22. The third-order valence-corrected chi connectivity index (χ3v) is 4.10. The highest BCUT2D eigenvalue weighted by molar-refractivity contribution is 5.28. The number of rotatable bonds is 5. The SMILES string of the molecule is COc1ccc(C(O)CCN2CCC(C)CC2)cc1. The molecule has 19 heavy (non-hydrogen) atoms. The van der Waals surface area contributed by atoms with Crippen LogP contribution in [0.15, 0.2) is 24.3 Å². The Bertz CT molecular complexity index is 369. The lowest BCUT2D eigenvalue weighted by Crippen LogP contribution is -2.34. The van der Waals surface area contributed by atoms with Gasteiger partial charge in [-0.05, 0) is 56.0 Å². The van der Waals surface area contributed by atoms with Crippen molar-refractivity contribution in [2.75, 3.05) is 26.7 Å². The molecule has 1 aliphatic rings. The molecule has 1 heterocycles. The minimum Gasteiger partial charge on any atom is -0.497 e. The number of methoxy groups -OCH3 is 1. The molecule has 1 aliphatic heterocycles. The fraction of sp³-hybridized carbons (Fsp3) is 0.625. The topological polar surface area (TPSA) is 32.7 Å². The fourth-order valence-electron chi connectivity index (χ4n) is 2.58. The zero-order valence-electron chi connectivity index (χ0n) is 12.0. The van der Waals surface area contributed by atoms with Crippen molar-refractivity contribution in [2.45, 2.75) is 32.3 Å². The van der Waals surface area contributed by atoms with Gasteiger partial charge < -0.3 is 14.7 Å². The predicted octanol–water partition coefficient (Wildman–Crippen LogP) is 2.85. The summed E-state index contributed by atoms with van der Waals surface area (Å²) >= 11 is 0. The van der Waals surface area contributed by atoms with Gasteiger partial charge in [-0.15, -0.1) is 0 Å². The van der Waals surface area contributed by atoms with E-state index in [1.165, 1.54) is 25.9 Å². The second-order valence-corrected chi connectivity index (χ2v) is 5.60. The van der Waals surface area contributed by atoms with Gasteiger partial charge in [0.15, 0.2) is 0 Å². The van der Waals surface area contributed by atoms with Crippen LogP contribution in [-0.4, -0.2) is 36.8 Å². The lowest BCUT2D eigenvalue weighted by atomic mass is 9.98. The average Bonchev–Trinajstić information content (AvgIpc) is 2.46. The van der Waals surface area contributed by atoms with Crippen molar-refractivity contribution in [1.82, 2.24) is 4.90 Å². The summed E-state index contributed by atoms with van der Waals surface area (Å²) in [6, 6.07) is 7.70. The minimum absolute atomic E-state index is 0.370. The van der Waals surface area contributed by atoms with Gasteiger partial charge in [0.25, 0.3) is 0 Å². The summed E-state index contributed by atoms with van der Waals surface area (Å²) in [7, 11) is 1.66. The first-order valence-corrected chi connectivity index (χ1v) is 7.23. The summed E-state index contributed by atoms with van der Waals surface area (Å²) in [6.07, 6.45) is 3.02. The molecule has 2 rings (SSSR count). The maximum atomic E-state index is 10.2. The van der Waals surface area contributed by atoms with Crippen LogP contribution in [-0.2, 0) is 0 Å². The van der Waals surface area contributed by atoms with Gasteiger partial charge in [-0.25, -0.2) is 0 Å². The number of aliphatic hydroxyl groups is 1. The molecule has 1 N–H and O–H groups in total. The summed E-state index contributed by atoms with van der Waals surface area (Å²) in [5, 5.41) is 10.2. The molecule has 1 fully saturated rings. The monoisotopic (exact) mass is 263 g/mol. The molecule has 3 heteroatoms. The van der Waals surface area contributed by atoms with Crippen LogP contribution in [0.25, 0.3) is 0 Å². The lowest BCUT2D eigenvalue weighted by Gasteiger charge is -2.30. The molecular weight excluding hydrogens is 238 g/mol. The summed E-state index contributed by atoms with van der Waals surface area (Å²) in [5.41, 5.74) is 0.978. The van der Waals surface area contributed by atoms with Gasteiger partial charge >= 0.3 is 0 Å². The van der Waals surface area contributed by atoms with Gasteiger partial charge in [-0.1, -0.05) is 19.1 Å².